The number of nitrogens with zero attached hydrogens (tertiary/aromatic N) is 2. The van der Waals surface area contributed by atoms with Gasteiger partial charge in [-0.25, -0.2) is 10.4 Å². The summed E-state index contributed by atoms with van der Waals surface area (Å²) in [5, 5.41) is 4.86. The van der Waals surface area contributed by atoms with Crippen LogP contribution in [0.4, 0.5) is 0 Å². The maximum atomic E-state index is 12.5. The van der Waals surface area contributed by atoms with Crippen molar-refractivity contribution < 1.29 is 14.3 Å². The van der Waals surface area contributed by atoms with Crippen LogP contribution in [0.15, 0.2) is 53.6 Å². The van der Waals surface area contributed by atoms with Crippen LogP contribution in [0.2, 0.25) is 0 Å². The molecule has 6 nitrogen and oxygen atoms in total. The predicted molar refractivity (Wildman–Crippen MR) is 112 cm³/mol. The summed E-state index contributed by atoms with van der Waals surface area (Å²) in [5.74, 6) is 0.841. The largest absolute Gasteiger partial charge is 0.492 e. The molecule has 0 fully saturated rings. The summed E-state index contributed by atoms with van der Waals surface area (Å²) in [5.41, 5.74) is 4.59. The molecule has 0 atom stereocenters. The zero-order valence-corrected chi connectivity index (χ0v) is 16.7. The summed E-state index contributed by atoms with van der Waals surface area (Å²) in [6.45, 7) is 4.30. The van der Waals surface area contributed by atoms with Gasteiger partial charge in [0, 0.05) is 16.0 Å². The van der Waals surface area contributed by atoms with E-state index in [9.17, 15) is 4.79 Å². The molecule has 7 heteroatoms. The monoisotopic (exact) mass is 395 g/mol. The van der Waals surface area contributed by atoms with E-state index in [-0.39, 0.29) is 5.91 Å². The van der Waals surface area contributed by atoms with Gasteiger partial charge in [0.15, 0.2) is 11.5 Å². The Morgan fingerprint density at radius 1 is 1.21 bits per heavy atom. The molecule has 3 aromatic rings. The van der Waals surface area contributed by atoms with E-state index in [0.717, 1.165) is 15.4 Å². The van der Waals surface area contributed by atoms with Crippen molar-refractivity contribution in [2.24, 2.45) is 5.10 Å². The number of para-hydroxylation sites is 1. The number of carbonyl (C=O) groups excluding carboxylic acids is 1. The van der Waals surface area contributed by atoms with Crippen LogP contribution in [-0.4, -0.2) is 30.8 Å². The Morgan fingerprint density at radius 3 is 2.71 bits per heavy atom. The first-order valence-electron chi connectivity index (χ1n) is 8.80. The maximum absolute atomic E-state index is 12.5. The molecule has 0 unspecified atom stereocenters. The van der Waals surface area contributed by atoms with Crippen molar-refractivity contribution in [3.63, 3.8) is 0 Å². The number of nitrogens with one attached hydrogen (secondary N) is 1. The van der Waals surface area contributed by atoms with Gasteiger partial charge >= 0.3 is 0 Å². The van der Waals surface area contributed by atoms with E-state index in [1.807, 2.05) is 62.4 Å². The highest BCUT2D eigenvalue weighted by molar-refractivity contribution is 7.15. The number of benzene rings is 2. The van der Waals surface area contributed by atoms with Crippen LogP contribution >= 0.6 is 11.3 Å². The number of aryl methyl sites for hydroxylation is 1. The lowest BCUT2D eigenvalue weighted by Crippen LogP contribution is -2.19. The van der Waals surface area contributed by atoms with Gasteiger partial charge in [-0.2, -0.15) is 5.10 Å². The van der Waals surface area contributed by atoms with E-state index in [0.29, 0.717) is 29.4 Å². The van der Waals surface area contributed by atoms with Gasteiger partial charge in [0.1, 0.15) is 10.7 Å². The average molecular weight is 395 g/mol. The molecule has 1 N–H and O–H groups in total. The van der Waals surface area contributed by atoms with Crippen molar-refractivity contribution in [1.82, 2.24) is 10.4 Å². The topological polar surface area (TPSA) is 72.8 Å². The Kier molecular flexibility index (Phi) is 6.39. The third-order valence-corrected chi connectivity index (χ3v) is 4.94. The van der Waals surface area contributed by atoms with Gasteiger partial charge in [-0.1, -0.05) is 36.4 Å². The van der Waals surface area contributed by atoms with Crippen molar-refractivity contribution in [2.45, 2.75) is 13.8 Å². The first-order valence-corrected chi connectivity index (χ1v) is 9.61. The second kappa shape index (κ2) is 9.14. The molecule has 0 radical (unpaired) electrons. The van der Waals surface area contributed by atoms with Crippen LogP contribution in [-0.2, 0) is 0 Å². The lowest BCUT2D eigenvalue weighted by molar-refractivity contribution is 0.0950. The highest BCUT2D eigenvalue weighted by Crippen LogP contribution is 2.30. The molecule has 0 aliphatic carbocycles. The second-order valence-electron chi connectivity index (χ2n) is 5.80. The molecule has 0 aliphatic rings. The summed E-state index contributed by atoms with van der Waals surface area (Å²) in [6.07, 6.45) is 1.53. The first-order chi connectivity index (χ1) is 13.6. The van der Waals surface area contributed by atoms with Crippen LogP contribution in [0.5, 0.6) is 11.5 Å². The summed E-state index contributed by atoms with van der Waals surface area (Å²) in [6, 6.07) is 15.3. The van der Waals surface area contributed by atoms with E-state index in [2.05, 4.69) is 15.5 Å². The Hall–Kier alpha value is -3.19. The third-order valence-electron chi connectivity index (χ3n) is 3.92. The molecule has 0 aliphatic heterocycles. The summed E-state index contributed by atoms with van der Waals surface area (Å²) >= 11 is 1.48. The van der Waals surface area contributed by atoms with Crippen molar-refractivity contribution in [3.05, 3.63) is 64.7 Å². The molecule has 0 saturated heterocycles. The van der Waals surface area contributed by atoms with Crippen molar-refractivity contribution in [1.29, 1.82) is 0 Å². The molecule has 0 saturated carbocycles. The fourth-order valence-electron chi connectivity index (χ4n) is 2.65. The quantitative estimate of drug-likeness (QED) is 0.478. The van der Waals surface area contributed by atoms with E-state index >= 15 is 0 Å². The zero-order valence-electron chi connectivity index (χ0n) is 15.9. The fourth-order valence-corrected chi connectivity index (χ4v) is 3.56. The first kappa shape index (κ1) is 19.6. The van der Waals surface area contributed by atoms with E-state index in [4.69, 9.17) is 9.47 Å². The Labute approximate surface area is 167 Å². The number of aromatic nitrogens is 1. The van der Waals surface area contributed by atoms with Crippen molar-refractivity contribution in [2.75, 3.05) is 13.7 Å². The molecule has 3 rings (SSSR count). The van der Waals surface area contributed by atoms with Crippen molar-refractivity contribution in [3.8, 4) is 22.1 Å². The minimum atomic E-state index is -0.355. The molecule has 0 bridgehead atoms. The maximum Gasteiger partial charge on any atom is 0.291 e. The summed E-state index contributed by atoms with van der Waals surface area (Å²) in [7, 11) is 1.57. The minimum Gasteiger partial charge on any atom is -0.492 e. The lowest BCUT2D eigenvalue weighted by atomic mass is 10.2. The van der Waals surface area contributed by atoms with Gasteiger partial charge in [-0.05, 0) is 26.0 Å². The van der Waals surface area contributed by atoms with Crippen LogP contribution in [0.3, 0.4) is 0 Å². The van der Waals surface area contributed by atoms with E-state index < -0.39 is 0 Å². The number of ether oxygens (including phenoxy) is 2. The number of hydrazone groups is 1. The lowest BCUT2D eigenvalue weighted by Gasteiger charge is -2.11. The number of carbonyl (C=O) groups is 1. The molecule has 28 heavy (non-hydrogen) atoms. The van der Waals surface area contributed by atoms with E-state index in [1.54, 1.807) is 7.11 Å². The van der Waals surface area contributed by atoms with Crippen LogP contribution in [0, 0.1) is 6.92 Å². The minimum absolute atomic E-state index is 0.355. The number of methoxy groups -OCH3 is 1. The Bertz CT molecular complexity index is 984. The third kappa shape index (κ3) is 4.37. The van der Waals surface area contributed by atoms with Gasteiger partial charge in [0.25, 0.3) is 5.91 Å². The molecule has 1 heterocycles. The molecule has 2 aromatic carbocycles. The van der Waals surface area contributed by atoms with E-state index in [1.165, 1.54) is 17.6 Å². The highest BCUT2D eigenvalue weighted by atomic mass is 32.1. The van der Waals surface area contributed by atoms with Crippen LogP contribution in [0.1, 0.15) is 27.9 Å². The fraction of sp³-hybridized carbons (Fsp3) is 0.190. The summed E-state index contributed by atoms with van der Waals surface area (Å²) in [4.78, 5) is 17.8. The van der Waals surface area contributed by atoms with Gasteiger partial charge < -0.3 is 9.47 Å². The van der Waals surface area contributed by atoms with Gasteiger partial charge in [-0.3, -0.25) is 4.79 Å². The predicted octanol–water partition coefficient (Wildman–Crippen LogP) is 4.29. The SMILES string of the molecule is CCOc1cccc(/C=N\NC(=O)c2nc(-c3ccccc3)sc2C)c1OC. The zero-order chi connectivity index (χ0) is 19.9. The second-order valence-corrected chi connectivity index (χ2v) is 7.00. The standard InChI is InChI=1S/C21H21N3O3S/c1-4-27-17-12-8-11-16(19(17)26-3)13-22-24-20(25)18-14(2)28-21(23-18)15-9-6-5-7-10-15/h5-13H,4H2,1-3H3,(H,24,25)/b22-13-. The van der Waals surface area contributed by atoms with Crippen LogP contribution < -0.4 is 14.9 Å². The summed E-state index contributed by atoms with van der Waals surface area (Å²) < 4.78 is 10.9. The highest BCUT2D eigenvalue weighted by Gasteiger charge is 2.16. The Morgan fingerprint density at radius 2 is 2.00 bits per heavy atom. The Balaban J connectivity index is 1.74. The van der Waals surface area contributed by atoms with Gasteiger partial charge in [0.2, 0.25) is 0 Å². The number of amides is 1. The number of thiazole rings is 1. The molecule has 0 spiro atoms. The molecular formula is C21H21N3O3S. The van der Waals surface area contributed by atoms with Crippen molar-refractivity contribution >= 4 is 23.5 Å². The molecule has 144 valence electrons. The molecule has 1 amide bonds. The smallest absolute Gasteiger partial charge is 0.291 e. The normalized spacial score (nSPS) is 10.8. The number of rotatable bonds is 7. The number of hydrogen-bond acceptors (Lipinski definition) is 6. The molecular weight excluding hydrogens is 374 g/mol. The van der Waals surface area contributed by atoms with Crippen LogP contribution in [0.25, 0.3) is 10.6 Å². The van der Waals surface area contributed by atoms with Gasteiger partial charge in [0.05, 0.1) is 19.9 Å². The van der Waals surface area contributed by atoms with Gasteiger partial charge in [-0.15, -0.1) is 11.3 Å². The number of hydrogen-bond donors (Lipinski definition) is 1. The average Bonchev–Trinajstić information content (AvgIpc) is 3.11. The molecule has 1 aromatic heterocycles.